The number of ether oxygens (including phenoxy) is 1. The normalized spacial score (nSPS) is 13.9. The standard InChI is InChI=1S/C19H24FNO/c1-13(2)22-19-10-6-8-17(12-19)15(4)21-14(3)16-7-5-9-18(20)11-16/h5-15,21H,1-4H3. The summed E-state index contributed by atoms with van der Waals surface area (Å²) >= 11 is 0. The van der Waals surface area contributed by atoms with E-state index in [1.54, 1.807) is 12.1 Å². The summed E-state index contributed by atoms with van der Waals surface area (Å²) in [5.41, 5.74) is 2.10. The SMILES string of the molecule is CC(C)Oc1cccc(C(C)NC(C)c2cccc(F)c2)c1. The lowest BCUT2D eigenvalue weighted by molar-refractivity contribution is 0.242. The average Bonchev–Trinajstić information content (AvgIpc) is 2.46. The number of nitrogens with one attached hydrogen (secondary N) is 1. The van der Waals surface area contributed by atoms with E-state index in [2.05, 4.69) is 24.4 Å². The molecule has 0 aliphatic rings. The summed E-state index contributed by atoms with van der Waals surface area (Å²) in [6, 6.07) is 15.0. The highest BCUT2D eigenvalue weighted by molar-refractivity contribution is 5.31. The van der Waals surface area contributed by atoms with Gasteiger partial charge in [0, 0.05) is 12.1 Å². The van der Waals surface area contributed by atoms with Crippen LogP contribution in [-0.4, -0.2) is 6.10 Å². The predicted octanol–water partition coefficient (Wildman–Crippen LogP) is 5.02. The van der Waals surface area contributed by atoms with Gasteiger partial charge < -0.3 is 10.1 Å². The van der Waals surface area contributed by atoms with Crippen LogP contribution in [0.4, 0.5) is 4.39 Å². The Morgan fingerprint density at radius 2 is 1.45 bits per heavy atom. The van der Waals surface area contributed by atoms with Crippen LogP contribution in [-0.2, 0) is 0 Å². The summed E-state index contributed by atoms with van der Waals surface area (Å²) in [7, 11) is 0. The average molecular weight is 301 g/mol. The first kappa shape index (κ1) is 16.5. The molecule has 0 heterocycles. The van der Waals surface area contributed by atoms with Gasteiger partial charge in [-0.1, -0.05) is 24.3 Å². The minimum absolute atomic E-state index is 0.0698. The maximum Gasteiger partial charge on any atom is 0.123 e. The van der Waals surface area contributed by atoms with Gasteiger partial charge >= 0.3 is 0 Å². The summed E-state index contributed by atoms with van der Waals surface area (Å²) in [6.45, 7) is 8.17. The zero-order chi connectivity index (χ0) is 16.1. The molecule has 0 aliphatic heterocycles. The van der Waals surface area contributed by atoms with Gasteiger partial charge in [-0.25, -0.2) is 4.39 Å². The van der Waals surface area contributed by atoms with E-state index in [0.29, 0.717) is 0 Å². The summed E-state index contributed by atoms with van der Waals surface area (Å²) in [5.74, 6) is 0.672. The van der Waals surface area contributed by atoms with Crippen LogP contribution in [0.15, 0.2) is 48.5 Å². The number of halogens is 1. The molecule has 3 heteroatoms. The lowest BCUT2D eigenvalue weighted by Gasteiger charge is -2.21. The molecule has 2 rings (SSSR count). The molecular weight excluding hydrogens is 277 g/mol. The molecule has 22 heavy (non-hydrogen) atoms. The molecule has 2 unspecified atom stereocenters. The Kier molecular flexibility index (Phi) is 5.56. The summed E-state index contributed by atoms with van der Waals surface area (Å²) in [5, 5.41) is 3.50. The first-order chi connectivity index (χ1) is 10.5. The van der Waals surface area contributed by atoms with Gasteiger partial charge in [-0.2, -0.15) is 0 Å². The van der Waals surface area contributed by atoms with Crippen molar-refractivity contribution in [2.45, 2.75) is 45.9 Å². The first-order valence-electron chi connectivity index (χ1n) is 7.74. The molecule has 2 aromatic rings. The third-order valence-electron chi connectivity index (χ3n) is 3.58. The molecule has 0 aliphatic carbocycles. The molecule has 0 saturated carbocycles. The molecule has 2 aromatic carbocycles. The number of benzene rings is 2. The summed E-state index contributed by atoms with van der Waals surface area (Å²) < 4.78 is 19.1. The summed E-state index contributed by atoms with van der Waals surface area (Å²) in [6.07, 6.45) is 0.157. The zero-order valence-electron chi connectivity index (χ0n) is 13.6. The van der Waals surface area contributed by atoms with E-state index >= 15 is 0 Å². The van der Waals surface area contributed by atoms with Crippen molar-refractivity contribution in [2.75, 3.05) is 0 Å². The Morgan fingerprint density at radius 3 is 2.05 bits per heavy atom. The lowest BCUT2D eigenvalue weighted by atomic mass is 10.0. The largest absolute Gasteiger partial charge is 0.491 e. The highest BCUT2D eigenvalue weighted by Crippen LogP contribution is 2.23. The lowest BCUT2D eigenvalue weighted by Crippen LogP contribution is -2.22. The fourth-order valence-electron chi connectivity index (χ4n) is 2.47. The predicted molar refractivity (Wildman–Crippen MR) is 88.6 cm³/mol. The van der Waals surface area contributed by atoms with Crippen molar-refractivity contribution in [1.82, 2.24) is 5.32 Å². The van der Waals surface area contributed by atoms with Crippen molar-refractivity contribution in [3.05, 3.63) is 65.5 Å². The highest BCUT2D eigenvalue weighted by atomic mass is 19.1. The molecule has 0 aromatic heterocycles. The zero-order valence-corrected chi connectivity index (χ0v) is 13.6. The maximum absolute atomic E-state index is 13.3. The van der Waals surface area contributed by atoms with E-state index in [0.717, 1.165) is 16.9 Å². The van der Waals surface area contributed by atoms with Crippen molar-refractivity contribution < 1.29 is 9.13 Å². The van der Waals surface area contributed by atoms with E-state index < -0.39 is 0 Å². The van der Waals surface area contributed by atoms with Crippen LogP contribution in [0.1, 0.15) is 50.9 Å². The third kappa shape index (κ3) is 4.57. The number of hydrogen-bond donors (Lipinski definition) is 1. The van der Waals surface area contributed by atoms with Gasteiger partial charge in [-0.15, -0.1) is 0 Å². The van der Waals surface area contributed by atoms with Crippen LogP contribution in [0.25, 0.3) is 0 Å². The quantitative estimate of drug-likeness (QED) is 0.808. The molecule has 0 saturated heterocycles. The fraction of sp³-hybridized carbons (Fsp3) is 0.368. The van der Waals surface area contributed by atoms with Gasteiger partial charge in [0.05, 0.1) is 6.10 Å². The van der Waals surface area contributed by atoms with Gasteiger partial charge in [0.2, 0.25) is 0 Å². The Hall–Kier alpha value is -1.87. The number of rotatable bonds is 6. The molecule has 2 atom stereocenters. The maximum atomic E-state index is 13.3. The van der Waals surface area contributed by atoms with Crippen LogP contribution in [0, 0.1) is 5.82 Å². The molecule has 0 radical (unpaired) electrons. The van der Waals surface area contributed by atoms with Crippen LogP contribution in [0.5, 0.6) is 5.75 Å². The molecule has 1 N–H and O–H groups in total. The van der Waals surface area contributed by atoms with Gasteiger partial charge in [-0.05, 0) is 63.1 Å². The van der Waals surface area contributed by atoms with Crippen LogP contribution >= 0.6 is 0 Å². The van der Waals surface area contributed by atoms with Crippen LogP contribution in [0.2, 0.25) is 0 Å². The van der Waals surface area contributed by atoms with Gasteiger partial charge in [0.1, 0.15) is 11.6 Å². The van der Waals surface area contributed by atoms with Crippen molar-refractivity contribution in [1.29, 1.82) is 0 Å². The van der Waals surface area contributed by atoms with Crippen molar-refractivity contribution in [3.8, 4) is 5.75 Å². The Labute approximate surface area is 132 Å². The second-order valence-electron chi connectivity index (χ2n) is 5.90. The first-order valence-corrected chi connectivity index (χ1v) is 7.74. The van der Waals surface area contributed by atoms with Gasteiger partial charge in [0.25, 0.3) is 0 Å². The molecule has 0 fully saturated rings. The highest BCUT2D eigenvalue weighted by Gasteiger charge is 2.12. The number of hydrogen-bond acceptors (Lipinski definition) is 2. The van der Waals surface area contributed by atoms with Crippen molar-refractivity contribution >= 4 is 0 Å². The summed E-state index contributed by atoms with van der Waals surface area (Å²) in [4.78, 5) is 0. The van der Waals surface area contributed by atoms with E-state index in [1.165, 1.54) is 6.07 Å². The molecule has 0 bridgehead atoms. The Balaban J connectivity index is 2.06. The molecule has 0 amide bonds. The van der Waals surface area contributed by atoms with Crippen molar-refractivity contribution in [3.63, 3.8) is 0 Å². The Bertz CT molecular complexity index is 612. The minimum atomic E-state index is -0.203. The third-order valence-corrected chi connectivity index (χ3v) is 3.58. The second-order valence-corrected chi connectivity index (χ2v) is 5.90. The van der Waals surface area contributed by atoms with Gasteiger partial charge in [-0.3, -0.25) is 0 Å². The smallest absolute Gasteiger partial charge is 0.123 e. The molecule has 118 valence electrons. The van der Waals surface area contributed by atoms with E-state index in [4.69, 9.17) is 4.74 Å². The Morgan fingerprint density at radius 1 is 0.864 bits per heavy atom. The topological polar surface area (TPSA) is 21.3 Å². The second kappa shape index (κ2) is 7.41. The minimum Gasteiger partial charge on any atom is -0.491 e. The van der Waals surface area contributed by atoms with Crippen LogP contribution < -0.4 is 10.1 Å². The van der Waals surface area contributed by atoms with E-state index in [1.807, 2.05) is 39.0 Å². The molecule has 0 spiro atoms. The fourth-order valence-corrected chi connectivity index (χ4v) is 2.47. The van der Waals surface area contributed by atoms with E-state index in [-0.39, 0.29) is 24.0 Å². The van der Waals surface area contributed by atoms with Gasteiger partial charge in [0.15, 0.2) is 0 Å². The van der Waals surface area contributed by atoms with Crippen LogP contribution in [0.3, 0.4) is 0 Å². The molecular formula is C19H24FNO. The monoisotopic (exact) mass is 301 g/mol. The van der Waals surface area contributed by atoms with E-state index in [9.17, 15) is 4.39 Å². The molecule has 2 nitrogen and oxygen atoms in total. The van der Waals surface area contributed by atoms with Crippen molar-refractivity contribution in [2.24, 2.45) is 0 Å².